The third-order valence-corrected chi connectivity index (χ3v) is 2.43. The third-order valence-electron chi connectivity index (χ3n) is 2.43. The van der Waals surface area contributed by atoms with E-state index in [-0.39, 0.29) is 0 Å². The minimum Gasteiger partial charge on any atom is -0.481 e. The predicted molar refractivity (Wildman–Crippen MR) is 66.5 cm³/mol. The van der Waals surface area contributed by atoms with Crippen LogP contribution in [0.2, 0.25) is 0 Å². The average molecular weight is 230 g/mol. The molecule has 0 radical (unpaired) electrons. The van der Waals surface area contributed by atoms with Gasteiger partial charge in [0.25, 0.3) is 0 Å². The van der Waals surface area contributed by atoms with Crippen LogP contribution in [0, 0.1) is 5.92 Å². The number of aldehydes is 1. The summed E-state index contributed by atoms with van der Waals surface area (Å²) < 4.78 is 0. The number of rotatable bonds is 8. The lowest BCUT2D eigenvalue weighted by atomic mass is 10.0. The van der Waals surface area contributed by atoms with E-state index in [0.717, 1.165) is 31.5 Å². The second kappa shape index (κ2) is 14.1. The highest BCUT2D eigenvalue weighted by atomic mass is 16.4. The van der Waals surface area contributed by atoms with Crippen LogP contribution in [0.25, 0.3) is 0 Å². The van der Waals surface area contributed by atoms with Gasteiger partial charge in [-0.3, -0.25) is 4.79 Å². The Hall–Kier alpha value is -0.860. The van der Waals surface area contributed by atoms with Crippen molar-refractivity contribution in [2.75, 3.05) is 0 Å². The van der Waals surface area contributed by atoms with Crippen molar-refractivity contribution in [1.82, 2.24) is 0 Å². The van der Waals surface area contributed by atoms with Gasteiger partial charge in [-0.1, -0.05) is 40.0 Å². The predicted octanol–water partition coefficient (Wildman–Crippen LogP) is 3.66. The molecule has 0 fully saturated rings. The molecule has 0 saturated carbocycles. The lowest BCUT2D eigenvalue weighted by Gasteiger charge is -2.05. The van der Waals surface area contributed by atoms with Gasteiger partial charge < -0.3 is 9.90 Å². The second-order valence-electron chi connectivity index (χ2n) is 4.11. The van der Waals surface area contributed by atoms with Crippen molar-refractivity contribution < 1.29 is 14.7 Å². The second-order valence-corrected chi connectivity index (χ2v) is 4.11. The van der Waals surface area contributed by atoms with Crippen LogP contribution in [0.15, 0.2) is 0 Å². The van der Waals surface area contributed by atoms with E-state index in [1.807, 2.05) is 6.92 Å². The Labute approximate surface area is 99.2 Å². The molecule has 0 heterocycles. The highest BCUT2D eigenvalue weighted by Crippen LogP contribution is 2.11. The highest BCUT2D eigenvalue weighted by molar-refractivity contribution is 5.66. The summed E-state index contributed by atoms with van der Waals surface area (Å²) in [6, 6.07) is 0. The fourth-order valence-electron chi connectivity index (χ4n) is 1.14. The molecular weight excluding hydrogens is 204 g/mol. The average Bonchev–Trinajstić information content (AvgIpc) is 2.24. The third kappa shape index (κ3) is 18.8. The maximum Gasteiger partial charge on any atom is 0.303 e. The van der Waals surface area contributed by atoms with Crippen LogP contribution in [0.3, 0.4) is 0 Å². The van der Waals surface area contributed by atoms with Crippen molar-refractivity contribution in [3.63, 3.8) is 0 Å². The molecule has 1 N–H and O–H groups in total. The Morgan fingerprint density at radius 3 is 2.25 bits per heavy atom. The molecule has 96 valence electrons. The minimum absolute atomic E-state index is 0.292. The Bertz CT molecular complexity index is 167. The van der Waals surface area contributed by atoms with E-state index >= 15 is 0 Å². The highest BCUT2D eigenvalue weighted by Gasteiger charge is 1.96. The van der Waals surface area contributed by atoms with Gasteiger partial charge in [0.2, 0.25) is 0 Å². The van der Waals surface area contributed by atoms with Crippen molar-refractivity contribution in [1.29, 1.82) is 0 Å². The van der Waals surface area contributed by atoms with E-state index in [9.17, 15) is 9.59 Å². The first kappa shape index (κ1) is 17.5. The largest absolute Gasteiger partial charge is 0.481 e. The first-order valence-electron chi connectivity index (χ1n) is 6.23. The zero-order valence-corrected chi connectivity index (χ0v) is 10.9. The van der Waals surface area contributed by atoms with Crippen LogP contribution in [0.5, 0.6) is 0 Å². The fraction of sp³-hybridized carbons (Fsp3) is 0.846. The maximum atomic E-state index is 9.92. The molecule has 0 unspecified atom stereocenters. The molecule has 0 amide bonds. The molecular formula is C13H26O3. The SMILES string of the molecule is CCCC(=O)O.CC[C@H](C)CCCCC=O. The summed E-state index contributed by atoms with van der Waals surface area (Å²) in [6.45, 7) is 6.32. The number of hydrogen-bond acceptors (Lipinski definition) is 2. The first-order chi connectivity index (χ1) is 7.58. The Kier molecular flexibility index (Phi) is 15.5. The summed E-state index contributed by atoms with van der Waals surface area (Å²) in [4.78, 5) is 19.5. The molecule has 0 aromatic carbocycles. The lowest BCUT2D eigenvalue weighted by Crippen LogP contribution is -1.91. The number of carbonyl (C=O) groups is 2. The summed E-state index contributed by atoms with van der Waals surface area (Å²) in [5.41, 5.74) is 0. The zero-order chi connectivity index (χ0) is 12.8. The van der Waals surface area contributed by atoms with E-state index < -0.39 is 5.97 Å². The molecule has 1 atom stereocenters. The number of carbonyl (C=O) groups excluding carboxylic acids is 1. The first-order valence-corrected chi connectivity index (χ1v) is 6.23. The summed E-state index contributed by atoms with van der Waals surface area (Å²) in [6.07, 6.45) is 7.62. The zero-order valence-electron chi connectivity index (χ0n) is 10.9. The molecule has 3 heteroatoms. The summed E-state index contributed by atoms with van der Waals surface area (Å²) in [5.74, 6) is 0.129. The number of unbranched alkanes of at least 4 members (excludes halogenated alkanes) is 2. The minimum atomic E-state index is -0.711. The fourth-order valence-corrected chi connectivity index (χ4v) is 1.14. The van der Waals surface area contributed by atoms with Crippen molar-refractivity contribution in [2.45, 2.75) is 65.7 Å². The van der Waals surface area contributed by atoms with E-state index in [1.54, 1.807) is 0 Å². The number of carboxylic acids is 1. The summed E-state index contributed by atoms with van der Waals surface area (Å²) in [7, 11) is 0. The van der Waals surface area contributed by atoms with Crippen LogP contribution in [0.1, 0.15) is 65.7 Å². The number of hydrogen-bond donors (Lipinski definition) is 1. The van der Waals surface area contributed by atoms with Gasteiger partial charge in [0.15, 0.2) is 0 Å². The smallest absolute Gasteiger partial charge is 0.303 e. The standard InChI is InChI=1S/C9H18O.C4H8O2/c1-3-9(2)7-5-4-6-8-10;1-2-3-4(5)6/h8-9H,3-7H2,1-2H3;2-3H2,1H3,(H,5,6)/t9-;/m0./s1. The number of carboxylic acid groups (broad SMARTS) is 1. The maximum absolute atomic E-state index is 9.92. The molecule has 0 aliphatic carbocycles. The molecule has 0 bridgehead atoms. The van der Waals surface area contributed by atoms with E-state index in [0.29, 0.717) is 6.42 Å². The molecule has 0 aromatic heterocycles. The van der Waals surface area contributed by atoms with E-state index in [1.165, 1.54) is 19.3 Å². The molecule has 16 heavy (non-hydrogen) atoms. The van der Waals surface area contributed by atoms with Crippen molar-refractivity contribution in [3.05, 3.63) is 0 Å². The van der Waals surface area contributed by atoms with E-state index in [2.05, 4.69) is 13.8 Å². The van der Waals surface area contributed by atoms with Gasteiger partial charge in [0.05, 0.1) is 0 Å². The van der Waals surface area contributed by atoms with Gasteiger partial charge in [-0.15, -0.1) is 0 Å². The Balaban J connectivity index is 0. The van der Waals surface area contributed by atoms with Crippen LogP contribution in [-0.2, 0) is 9.59 Å². The van der Waals surface area contributed by atoms with Crippen LogP contribution in [-0.4, -0.2) is 17.4 Å². The quantitative estimate of drug-likeness (QED) is 0.511. The summed E-state index contributed by atoms with van der Waals surface area (Å²) >= 11 is 0. The van der Waals surface area contributed by atoms with Crippen LogP contribution >= 0.6 is 0 Å². The molecule has 0 aromatic rings. The van der Waals surface area contributed by atoms with Crippen molar-refractivity contribution >= 4 is 12.3 Å². The molecule has 0 aliphatic heterocycles. The normalized spacial score (nSPS) is 11.2. The summed E-state index contributed by atoms with van der Waals surface area (Å²) in [5, 5.41) is 7.91. The molecule has 0 rings (SSSR count). The molecule has 0 saturated heterocycles. The van der Waals surface area contributed by atoms with Crippen molar-refractivity contribution in [2.24, 2.45) is 5.92 Å². The molecule has 3 nitrogen and oxygen atoms in total. The van der Waals surface area contributed by atoms with Gasteiger partial charge in [-0.2, -0.15) is 0 Å². The molecule has 0 aliphatic rings. The van der Waals surface area contributed by atoms with Gasteiger partial charge in [-0.05, 0) is 18.8 Å². The monoisotopic (exact) mass is 230 g/mol. The van der Waals surface area contributed by atoms with Gasteiger partial charge in [-0.25, -0.2) is 0 Å². The number of aliphatic carboxylic acids is 1. The van der Waals surface area contributed by atoms with Gasteiger partial charge >= 0.3 is 5.97 Å². The topological polar surface area (TPSA) is 54.4 Å². The Morgan fingerprint density at radius 2 is 1.94 bits per heavy atom. The lowest BCUT2D eigenvalue weighted by molar-refractivity contribution is -0.137. The van der Waals surface area contributed by atoms with Crippen molar-refractivity contribution in [3.8, 4) is 0 Å². The van der Waals surface area contributed by atoms with Gasteiger partial charge in [0.1, 0.15) is 6.29 Å². The molecule has 0 spiro atoms. The van der Waals surface area contributed by atoms with Crippen LogP contribution < -0.4 is 0 Å². The van der Waals surface area contributed by atoms with Crippen LogP contribution in [0.4, 0.5) is 0 Å². The van der Waals surface area contributed by atoms with E-state index in [4.69, 9.17) is 5.11 Å². The van der Waals surface area contributed by atoms with Gasteiger partial charge in [0, 0.05) is 12.8 Å². The Morgan fingerprint density at radius 1 is 1.31 bits per heavy atom.